The Balaban J connectivity index is 2.26. The van der Waals surface area contributed by atoms with Crippen molar-refractivity contribution in [3.63, 3.8) is 0 Å². The van der Waals surface area contributed by atoms with Crippen LogP contribution in [0.15, 0.2) is 11.6 Å². The molecule has 0 aromatic rings. The summed E-state index contributed by atoms with van der Waals surface area (Å²) in [5, 5.41) is 9.43. The van der Waals surface area contributed by atoms with Crippen LogP contribution in [0.4, 0.5) is 0 Å². The predicted molar refractivity (Wildman–Crippen MR) is 47.4 cm³/mol. The van der Waals surface area contributed by atoms with Crippen molar-refractivity contribution in [1.82, 2.24) is 0 Å². The van der Waals surface area contributed by atoms with Crippen molar-refractivity contribution in [3.8, 4) is 0 Å². The van der Waals surface area contributed by atoms with Gasteiger partial charge in [0.1, 0.15) is 0 Å². The van der Waals surface area contributed by atoms with E-state index < -0.39 is 0 Å². The van der Waals surface area contributed by atoms with Crippen LogP contribution >= 0.6 is 0 Å². The van der Waals surface area contributed by atoms with Gasteiger partial charge < -0.3 is 5.11 Å². The van der Waals surface area contributed by atoms with Gasteiger partial charge in [0.2, 0.25) is 0 Å². The topological polar surface area (TPSA) is 20.2 Å². The molecule has 1 rings (SSSR count). The molecule has 1 N–H and O–H groups in total. The second kappa shape index (κ2) is 3.91. The quantitative estimate of drug-likeness (QED) is 0.619. The molecule has 0 spiro atoms. The summed E-state index contributed by atoms with van der Waals surface area (Å²) < 4.78 is 0. The van der Waals surface area contributed by atoms with Gasteiger partial charge in [0.15, 0.2) is 0 Å². The summed E-state index contributed by atoms with van der Waals surface area (Å²) in [6, 6.07) is 0. The van der Waals surface area contributed by atoms with Crippen LogP contribution in [0.3, 0.4) is 0 Å². The first-order valence-electron chi connectivity index (χ1n) is 4.57. The molecule has 0 aliphatic heterocycles. The molecule has 0 amide bonds. The molecule has 0 aromatic heterocycles. The van der Waals surface area contributed by atoms with Crippen molar-refractivity contribution < 1.29 is 5.11 Å². The maximum Gasteiger partial charge on any atom is 0.0753 e. The molecule has 11 heavy (non-hydrogen) atoms. The summed E-state index contributed by atoms with van der Waals surface area (Å²) in [6.45, 7) is 4.45. The van der Waals surface area contributed by atoms with Gasteiger partial charge in [-0.3, -0.25) is 0 Å². The largest absolute Gasteiger partial charge is 0.389 e. The molecule has 0 radical (unpaired) electrons. The third kappa shape index (κ3) is 2.66. The average Bonchev–Trinajstić information content (AvgIpc) is 2.31. The highest BCUT2D eigenvalue weighted by molar-refractivity contribution is 5.13. The lowest BCUT2D eigenvalue weighted by molar-refractivity contribution is 0.206. The number of aliphatic hydroxyl groups is 1. The Bertz CT molecular complexity index is 147. The number of aliphatic hydroxyl groups excluding tert-OH is 1. The smallest absolute Gasteiger partial charge is 0.0753 e. The maximum atomic E-state index is 9.43. The molecule has 1 aliphatic carbocycles. The summed E-state index contributed by atoms with van der Waals surface area (Å²) in [4.78, 5) is 0. The third-order valence-corrected chi connectivity index (χ3v) is 2.29. The van der Waals surface area contributed by atoms with E-state index in [1.807, 2.05) is 0 Å². The molecule has 1 nitrogen and oxygen atoms in total. The van der Waals surface area contributed by atoms with E-state index in [0.717, 1.165) is 25.2 Å². The van der Waals surface area contributed by atoms with Crippen molar-refractivity contribution >= 4 is 0 Å². The van der Waals surface area contributed by atoms with Crippen LogP contribution in [-0.2, 0) is 0 Å². The summed E-state index contributed by atoms with van der Waals surface area (Å²) in [6.07, 6.45) is 6.42. The molecular weight excluding hydrogens is 136 g/mol. The van der Waals surface area contributed by atoms with Gasteiger partial charge in [0.05, 0.1) is 6.10 Å². The fraction of sp³-hybridized carbons (Fsp3) is 0.800. The highest BCUT2D eigenvalue weighted by atomic mass is 16.3. The second-order valence-electron chi connectivity index (χ2n) is 3.80. The number of rotatable bonds is 3. The minimum atomic E-state index is -0.117. The highest BCUT2D eigenvalue weighted by Crippen LogP contribution is 2.24. The van der Waals surface area contributed by atoms with Crippen LogP contribution in [0.25, 0.3) is 0 Å². The molecule has 0 saturated carbocycles. The van der Waals surface area contributed by atoms with Gasteiger partial charge in [-0.2, -0.15) is 0 Å². The Morgan fingerprint density at radius 1 is 1.64 bits per heavy atom. The Morgan fingerprint density at radius 3 is 2.82 bits per heavy atom. The van der Waals surface area contributed by atoms with Crippen LogP contribution in [0.5, 0.6) is 0 Å². The standard InChI is InChI=1S/C10H18O/c1-8(2)6-7-9-4-3-5-10(9)11/h4,8,10-11H,3,5-7H2,1-2H3. The van der Waals surface area contributed by atoms with Crippen molar-refractivity contribution in [2.75, 3.05) is 0 Å². The molecule has 1 aliphatic rings. The molecule has 1 unspecified atom stereocenters. The zero-order chi connectivity index (χ0) is 8.27. The highest BCUT2D eigenvalue weighted by Gasteiger charge is 2.15. The molecule has 1 heteroatoms. The molecule has 0 heterocycles. The summed E-state index contributed by atoms with van der Waals surface area (Å²) in [5.41, 5.74) is 1.28. The first kappa shape index (κ1) is 8.79. The molecule has 0 fully saturated rings. The summed E-state index contributed by atoms with van der Waals surface area (Å²) in [7, 11) is 0. The van der Waals surface area contributed by atoms with Crippen LogP contribution in [0.1, 0.15) is 39.5 Å². The molecule has 1 atom stereocenters. The predicted octanol–water partition coefficient (Wildman–Crippen LogP) is 2.50. The lowest BCUT2D eigenvalue weighted by Gasteiger charge is -2.09. The average molecular weight is 154 g/mol. The van der Waals surface area contributed by atoms with E-state index in [9.17, 15) is 5.11 Å². The van der Waals surface area contributed by atoms with Crippen LogP contribution in [0.2, 0.25) is 0 Å². The van der Waals surface area contributed by atoms with Crippen molar-refractivity contribution in [2.45, 2.75) is 45.6 Å². The van der Waals surface area contributed by atoms with E-state index >= 15 is 0 Å². The normalized spacial score (nSPS) is 24.4. The van der Waals surface area contributed by atoms with Gasteiger partial charge in [0, 0.05) is 0 Å². The van der Waals surface area contributed by atoms with Crippen LogP contribution in [0, 0.1) is 5.92 Å². The molecule has 64 valence electrons. The number of hydrogen-bond donors (Lipinski definition) is 1. The minimum Gasteiger partial charge on any atom is -0.389 e. The minimum absolute atomic E-state index is 0.117. The molecule has 0 bridgehead atoms. The Morgan fingerprint density at radius 2 is 2.36 bits per heavy atom. The fourth-order valence-electron chi connectivity index (χ4n) is 1.47. The van der Waals surface area contributed by atoms with E-state index in [1.54, 1.807) is 0 Å². The zero-order valence-electron chi connectivity index (χ0n) is 7.51. The third-order valence-electron chi connectivity index (χ3n) is 2.29. The molecular formula is C10H18O. The fourth-order valence-corrected chi connectivity index (χ4v) is 1.47. The SMILES string of the molecule is CC(C)CCC1=CCCC1O. The number of allylic oxidation sites excluding steroid dienone is 1. The van der Waals surface area contributed by atoms with Gasteiger partial charge >= 0.3 is 0 Å². The van der Waals surface area contributed by atoms with Crippen LogP contribution in [-0.4, -0.2) is 11.2 Å². The van der Waals surface area contributed by atoms with Gasteiger partial charge in [-0.25, -0.2) is 0 Å². The van der Waals surface area contributed by atoms with Crippen LogP contribution < -0.4 is 0 Å². The van der Waals surface area contributed by atoms with Gasteiger partial charge in [-0.05, 0) is 37.2 Å². The Kier molecular flexibility index (Phi) is 3.13. The van der Waals surface area contributed by atoms with Crippen molar-refractivity contribution in [1.29, 1.82) is 0 Å². The van der Waals surface area contributed by atoms with E-state index in [4.69, 9.17) is 0 Å². The zero-order valence-corrected chi connectivity index (χ0v) is 7.51. The van der Waals surface area contributed by atoms with E-state index in [-0.39, 0.29) is 6.10 Å². The van der Waals surface area contributed by atoms with E-state index in [0.29, 0.717) is 0 Å². The second-order valence-corrected chi connectivity index (χ2v) is 3.80. The maximum absolute atomic E-state index is 9.43. The first-order chi connectivity index (χ1) is 5.20. The van der Waals surface area contributed by atoms with Crippen molar-refractivity contribution in [3.05, 3.63) is 11.6 Å². The lowest BCUT2D eigenvalue weighted by atomic mass is 10.0. The van der Waals surface area contributed by atoms with Gasteiger partial charge in [-0.1, -0.05) is 19.9 Å². The Hall–Kier alpha value is -0.300. The van der Waals surface area contributed by atoms with Gasteiger partial charge in [-0.15, -0.1) is 0 Å². The van der Waals surface area contributed by atoms with E-state index in [2.05, 4.69) is 19.9 Å². The Labute approximate surface area is 69.1 Å². The summed E-state index contributed by atoms with van der Waals surface area (Å²) in [5.74, 6) is 0.753. The van der Waals surface area contributed by atoms with E-state index in [1.165, 1.54) is 12.0 Å². The summed E-state index contributed by atoms with van der Waals surface area (Å²) >= 11 is 0. The molecule has 0 saturated heterocycles. The molecule has 0 aromatic carbocycles. The van der Waals surface area contributed by atoms with Crippen molar-refractivity contribution in [2.24, 2.45) is 5.92 Å². The lowest BCUT2D eigenvalue weighted by Crippen LogP contribution is -2.05. The van der Waals surface area contributed by atoms with Gasteiger partial charge in [0.25, 0.3) is 0 Å². The first-order valence-corrected chi connectivity index (χ1v) is 4.57. The number of hydrogen-bond acceptors (Lipinski definition) is 1. The monoisotopic (exact) mass is 154 g/mol.